The van der Waals surface area contributed by atoms with Crippen LogP contribution in [0.3, 0.4) is 0 Å². The van der Waals surface area contributed by atoms with Gasteiger partial charge in [-0.2, -0.15) is 11.8 Å². The fourth-order valence-electron chi connectivity index (χ4n) is 2.34. The van der Waals surface area contributed by atoms with Crippen LogP contribution in [-0.2, 0) is 6.42 Å². The van der Waals surface area contributed by atoms with Gasteiger partial charge in [0, 0.05) is 23.9 Å². The Morgan fingerprint density at radius 1 is 1.39 bits per heavy atom. The first-order valence-corrected chi connectivity index (χ1v) is 7.34. The standard InChI is InChI=1S/C13H18N2O2S/c1-14-13-9-18-8-11(13)5-2-10-3-6-12(7-4-10)15(16)17/h3-4,6-7,11,13-14H,2,5,8-9H2,1H3. The summed E-state index contributed by atoms with van der Waals surface area (Å²) in [6.45, 7) is 0. The van der Waals surface area contributed by atoms with Crippen LogP contribution < -0.4 is 5.32 Å². The predicted molar refractivity (Wildman–Crippen MR) is 75.1 cm³/mol. The van der Waals surface area contributed by atoms with Crippen molar-refractivity contribution in [1.82, 2.24) is 5.32 Å². The van der Waals surface area contributed by atoms with Gasteiger partial charge >= 0.3 is 0 Å². The first-order valence-electron chi connectivity index (χ1n) is 6.19. The molecule has 0 saturated carbocycles. The number of hydrogen-bond acceptors (Lipinski definition) is 4. The van der Waals surface area contributed by atoms with Crippen LogP contribution in [0.1, 0.15) is 12.0 Å². The summed E-state index contributed by atoms with van der Waals surface area (Å²) in [5, 5.41) is 13.9. The van der Waals surface area contributed by atoms with Crippen LogP contribution in [-0.4, -0.2) is 29.5 Å². The van der Waals surface area contributed by atoms with E-state index in [-0.39, 0.29) is 10.6 Å². The molecule has 1 aliphatic heterocycles. The van der Waals surface area contributed by atoms with Crippen molar-refractivity contribution in [2.75, 3.05) is 18.6 Å². The number of non-ortho nitro benzene ring substituents is 1. The van der Waals surface area contributed by atoms with E-state index in [0.29, 0.717) is 6.04 Å². The summed E-state index contributed by atoms with van der Waals surface area (Å²) in [5.41, 5.74) is 1.36. The van der Waals surface area contributed by atoms with Gasteiger partial charge in [-0.1, -0.05) is 12.1 Å². The molecule has 18 heavy (non-hydrogen) atoms. The zero-order valence-corrected chi connectivity index (χ0v) is 11.3. The van der Waals surface area contributed by atoms with E-state index < -0.39 is 0 Å². The van der Waals surface area contributed by atoms with Crippen molar-refractivity contribution in [2.24, 2.45) is 5.92 Å². The third-order valence-corrected chi connectivity index (χ3v) is 4.78. The van der Waals surface area contributed by atoms with E-state index in [0.717, 1.165) is 18.8 Å². The molecule has 5 heteroatoms. The van der Waals surface area contributed by atoms with Gasteiger partial charge in [-0.15, -0.1) is 0 Å². The summed E-state index contributed by atoms with van der Waals surface area (Å²) in [7, 11) is 2.02. The van der Waals surface area contributed by atoms with Gasteiger partial charge in [-0.3, -0.25) is 10.1 Å². The lowest BCUT2D eigenvalue weighted by Gasteiger charge is -2.17. The Kier molecular flexibility index (Phi) is 4.60. The van der Waals surface area contributed by atoms with Gasteiger partial charge in [0.15, 0.2) is 0 Å². The Morgan fingerprint density at radius 2 is 2.11 bits per heavy atom. The molecule has 1 aromatic rings. The van der Waals surface area contributed by atoms with E-state index in [1.165, 1.54) is 17.1 Å². The molecule has 0 bridgehead atoms. The Balaban J connectivity index is 1.88. The molecule has 4 nitrogen and oxygen atoms in total. The minimum absolute atomic E-state index is 0.170. The highest BCUT2D eigenvalue weighted by Crippen LogP contribution is 2.28. The van der Waals surface area contributed by atoms with Crippen LogP contribution in [0.4, 0.5) is 5.69 Å². The van der Waals surface area contributed by atoms with E-state index in [1.54, 1.807) is 12.1 Å². The quantitative estimate of drug-likeness (QED) is 0.657. The predicted octanol–water partition coefficient (Wildman–Crippen LogP) is 2.48. The van der Waals surface area contributed by atoms with Gasteiger partial charge in [-0.05, 0) is 37.1 Å². The Labute approximate surface area is 111 Å². The van der Waals surface area contributed by atoms with E-state index in [9.17, 15) is 10.1 Å². The number of nitro groups is 1. The summed E-state index contributed by atoms with van der Waals surface area (Å²) in [4.78, 5) is 10.2. The summed E-state index contributed by atoms with van der Waals surface area (Å²) in [6.07, 6.45) is 2.15. The molecule has 98 valence electrons. The summed E-state index contributed by atoms with van der Waals surface area (Å²) in [6, 6.07) is 7.54. The second-order valence-corrected chi connectivity index (χ2v) is 5.73. The topological polar surface area (TPSA) is 55.2 Å². The molecule has 1 N–H and O–H groups in total. The molecule has 0 aliphatic carbocycles. The van der Waals surface area contributed by atoms with Gasteiger partial charge in [0.1, 0.15) is 0 Å². The molecule has 1 aliphatic rings. The molecule has 1 saturated heterocycles. The maximum Gasteiger partial charge on any atom is 0.269 e. The van der Waals surface area contributed by atoms with Gasteiger partial charge in [0.05, 0.1) is 4.92 Å². The van der Waals surface area contributed by atoms with Crippen LogP contribution in [0, 0.1) is 16.0 Å². The van der Waals surface area contributed by atoms with Crippen LogP contribution in [0.5, 0.6) is 0 Å². The number of aryl methyl sites for hydroxylation is 1. The van der Waals surface area contributed by atoms with Gasteiger partial charge in [-0.25, -0.2) is 0 Å². The lowest BCUT2D eigenvalue weighted by atomic mass is 9.95. The number of rotatable bonds is 5. The number of hydrogen-bond donors (Lipinski definition) is 1. The second kappa shape index (κ2) is 6.20. The fourth-order valence-corrected chi connectivity index (χ4v) is 3.87. The molecular formula is C13H18N2O2S. The summed E-state index contributed by atoms with van der Waals surface area (Å²) < 4.78 is 0. The molecule has 0 amide bonds. The Bertz CT molecular complexity index is 408. The van der Waals surface area contributed by atoms with Crippen molar-refractivity contribution in [3.8, 4) is 0 Å². The van der Waals surface area contributed by atoms with Crippen LogP contribution in [0.25, 0.3) is 0 Å². The first kappa shape index (κ1) is 13.4. The van der Waals surface area contributed by atoms with Crippen LogP contribution >= 0.6 is 11.8 Å². The first-order chi connectivity index (χ1) is 8.70. The molecule has 1 heterocycles. The SMILES string of the molecule is CNC1CSCC1CCc1ccc([N+](=O)[O-])cc1. The summed E-state index contributed by atoms with van der Waals surface area (Å²) in [5.74, 6) is 3.13. The van der Waals surface area contributed by atoms with E-state index in [4.69, 9.17) is 0 Å². The van der Waals surface area contributed by atoms with Crippen LogP contribution in [0.2, 0.25) is 0 Å². The number of benzene rings is 1. The van der Waals surface area contributed by atoms with E-state index in [1.807, 2.05) is 30.9 Å². The van der Waals surface area contributed by atoms with Crippen molar-refractivity contribution in [3.05, 3.63) is 39.9 Å². The van der Waals surface area contributed by atoms with Crippen molar-refractivity contribution >= 4 is 17.4 Å². The third-order valence-electron chi connectivity index (χ3n) is 3.52. The van der Waals surface area contributed by atoms with E-state index >= 15 is 0 Å². The third kappa shape index (κ3) is 3.23. The monoisotopic (exact) mass is 266 g/mol. The number of nitrogens with zero attached hydrogens (tertiary/aromatic N) is 1. The molecule has 1 fully saturated rings. The largest absolute Gasteiger partial charge is 0.316 e. The zero-order valence-electron chi connectivity index (χ0n) is 10.5. The minimum atomic E-state index is -0.353. The molecule has 0 aromatic heterocycles. The molecule has 0 spiro atoms. The lowest BCUT2D eigenvalue weighted by molar-refractivity contribution is -0.384. The molecule has 2 atom stereocenters. The number of thioether (sulfide) groups is 1. The maximum atomic E-state index is 10.6. The van der Waals surface area contributed by atoms with Crippen molar-refractivity contribution in [1.29, 1.82) is 0 Å². The minimum Gasteiger partial charge on any atom is -0.316 e. The molecule has 2 unspecified atom stereocenters. The highest BCUT2D eigenvalue weighted by atomic mass is 32.2. The molecule has 1 aromatic carbocycles. The van der Waals surface area contributed by atoms with Gasteiger partial charge in [0.2, 0.25) is 0 Å². The van der Waals surface area contributed by atoms with Crippen molar-refractivity contribution in [2.45, 2.75) is 18.9 Å². The summed E-state index contributed by atoms with van der Waals surface area (Å²) >= 11 is 2.00. The molecule has 2 rings (SSSR count). The Hall–Kier alpha value is -1.07. The number of nitro benzene ring substituents is 1. The smallest absolute Gasteiger partial charge is 0.269 e. The van der Waals surface area contributed by atoms with Crippen LogP contribution in [0.15, 0.2) is 24.3 Å². The maximum absolute atomic E-state index is 10.6. The molecular weight excluding hydrogens is 248 g/mol. The Morgan fingerprint density at radius 3 is 2.72 bits per heavy atom. The van der Waals surface area contributed by atoms with Gasteiger partial charge in [0.25, 0.3) is 5.69 Å². The zero-order chi connectivity index (χ0) is 13.0. The van der Waals surface area contributed by atoms with Crippen molar-refractivity contribution < 1.29 is 4.92 Å². The average Bonchev–Trinajstić information content (AvgIpc) is 2.84. The normalized spacial score (nSPS) is 23.2. The second-order valence-electron chi connectivity index (χ2n) is 4.65. The fraction of sp³-hybridized carbons (Fsp3) is 0.538. The average molecular weight is 266 g/mol. The lowest BCUT2D eigenvalue weighted by Crippen LogP contribution is -2.32. The van der Waals surface area contributed by atoms with Crippen molar-refractivity contribution in [3.63, 3.8) is 0 Å². The number of nitrogens with one attached hydrogen (secondary N) is 1. The highest BCUT2D eigenvalue weighted by molar-refractivity contribution is 7.99. The highest BCUT2D eigenvalue weighted by Gasteiger charge is 2.25. The van der Waals surface area contributed by atoms with E-state index in [2.05, 4.69) is 5.32 Å². The molecule has 0 radical (unpaired) electrons. The van der Waals surface area contributed by atoms with Gasteiger partial charge < -0.3 is 5.32 Å².